The van der Waals surface area contributed by atoms with E-state index in [1.165, 1.54) is 0 Å². The molecule has 0 aromatic heterocycles. The molecule has 0 saturated carbocycles. The number of thiocarbonyl (C=S) groups is 1. The predicted octanol–water partition coefficient (Wildman–Crippen LogP) is 5.90. The molecule has 0 aliphatic rings. The highest BCUT2D eigenvalue weighted by atomic mass is 35.5. The number of hydrogen-bond donors (Lipinski definition) is 3. The molecule has 0 atom stereocenters. The monoisotopic (exact) mass is 481 g/mol. The molecule has 0 unspecified atom stereocenters. The molecule has 0 aliphatic heterocycles. The fraction of sp³-hybridized carbons (Fsp3) is 0.160. The number of rotatable bonds is 8. The van der Waals surface area contributed by atoms with Gasteiger partial charge < -0.3 is 15.4 Å². The number of amides is 2. The molecule has 0 bridgehead atoms. The topological polar surface area (TPSA) is 79.5 Å². The first-order valence-corrected chi connectivity index (χ1v) is 11.3. The van der Waals surface area contributed by atoms with Crippen LogP contribution in [0.15, 0.2) is 72.8 Å². The van der Waals surface area contributed by atoms with E-state index in [0.29, 0.717) is 39.9 Å². The van der Waals surface area contributed by atoms with Gasteiger partial charge in [0.25, 0.3) is 11.8 Å². The number of unbranched alkanes of at least 4 members (excludes halogenated alkanes) is 1. The van der Waals surface area contributed by atoms with E-state index in [1.54, 1.807) is 72.8 Å². The Bertz CT molecular complexity index is 1140. The van der Waals surface area contributed by atoms with E-state index in [1.807, 2.05) is 0 Å². The number of benzene rings is 3. The second kappa shape index (κ2) is 12.0. The van der Waals surface area contributed by atoms with Gasteiger partial charge in [0, 0.05) is 27.5 Å². The molecule has 33 heavy (non-hydrogen) atoms. The molecule has 3 N–H and O–H groups in total. The lowest BCUT2D eigenvalue weighted by Gasteiger charge is -2.11. The van der Waals surface area contributed by atoms with Crippen molar-refractivity contribution in [3.63, 3.8) is 0 Å². The molecule has 0 spiro atoms. The molecule has 0 radical (unpaired) electrons. The van der Waals surface area contributed by atoms with Crippen LogP contribution in [0.25, 0.3) is 0 Å². The van der Waals surface area contributed by atoms with Crippen LogP contribution < -0.4 is 20.7 Å². The van der Waals surface area contributed by atoms with Gasteiger partial charge in [0.05, 0.1) is 6.61 Å². The smallest absolute Gasteiger partial charge is 0.257 e. The number of carbonyl (C=O) groups is 2. The Morgan fingerprint density at radius 1 is 0.879 bits per heavy atom. The van der Waals surface area contributed by atoms with Gasteiger partial charge in [0.1, 0.15) is 5.75 Å². The Morgan fingerprint density at radius 2 is 1.58 bits per heavy atom. The highest BCUT2D eigenvalue weighted by molar-refractivity contribution is 7.80. The van der Waals surface area contributed by atoms with Crippen LogP contribution in [0.3, 0.4) is 0 Å². The maximum atomic E-state index is 12.5. The largest absolute Gasteiger partial charge is 0.494 e. The van der Waals surface area contributed by atoms with Crippen molar-refractivity contribution in [1.29, 1.82) is 0 Å². The lowest BCUT2D eigenvalue weighted by atomic mass is 10.2. The lowest BCUT2D eigenvalue weighted by Crippen LogP contribution is -2.34. The fourth-order valence-corrected chi connectivity index (χ4v) is 3.28. The van der Waals surface area contributed by atoms with Crippen LogP contribution in [0.5, 0.6) is 5.75 Å². The van der Waals surface area contributed by atoms with Crippen LogP contribution >= 0.6 is 23.8 Å². The van der Waals surface area contributed by atoms with Gasteiger partial charge in [-0.3, -0.25) is 14.9 Å². The molecule has 8 heteroatoms. The first-order valence-electron chi connectivity index (χ1n) is 10.5. The Labute approximate surface area is 203 Å². The summed E-state index contributed by atoms with van der Waals surface area (Å²) in [6.07, 6.45) is 2.03. The van der Waals surface area contributed by atoms with E-state index in [4.69, 9.17) is 28.6 Å². The zero-order valence-electron chi connectivity index (χ0n) is 18.1. The number of anilines is 2. The molecule has 170 valence electrons. The van der Waals surface area contributed by atoms with Crippen LogP contribution in [0.4, 0.5) is 11.4 Å². The minimum absolute atomic E-state index is 0.121. The summed E-state index contributed by atoms with van der Waals surface area (Å²) in [6.45, 7) is 2.74. The molecule has 3 aromatic rings. The normalized spacial score (nSPS) is 10.2. The molecule has 0 fully saturated rings. The second-order valence-electron chi connectivity index (χ2n) is 7.18. The summed E-state index contributed by atoms with van der Waals surface area (Å²) in [5, 5.41) is 9.01. The van der Waals surface area contributed by atoms with E-state index >= 15 is 0 Å². The quantitative estimate of drug-likeness (QED) is 0.276. The Kier molecular flexibility index (Phi) is 8.80. The summed E-state index contributed by atoms with van der Waals surface area (Å²) in [5.41, 5.74) is 2.04. The zero-order chi connectivity index (χ0) is 23.6. The van der Waals surface area contributed by atoms with Crippen molar-refractivity contribution >= 4 is 52.1 Å². The van der Waals surface area contributed by atoms with Crippen molar-refractivity contribution in [2.24, 2.45) is 0 Å². The van der Waals surface area contributed by atoms with Crippen LogP contribution in [-0.2, 0) is 0 Å². The van der Waals surface area contributed by atoms with Crippen LogP contribution in [-0.4, -0.2) is 23.5 Å². The summed E-state index contributed by atoms with van der Waals surface area (Å²) in [5.74, 6) is 0.0770. The first-order chi connectivity index (χ1) is 15.9. The third-order valence-corrected chi connectivity index (χ3v) is 5.01. The standard InChI is InChI=1S/C25H24ClN3O3S/c1-2-3-14-32-22-12-10-17(11-13-22)23(30)29-25(33)28-20-8-4-6-18(15-20)24(31)27-21-9-5-7-19(26)16-21/h4-13,15-16H,2-3,14H2,1H3,(H,27,31)(H2,28,29,30,33). The molecule has 0 heterocycles. The lowest BCUT2D eigenvalue weighted by molar-refractivity contribution is 0.0976. The van der Waals surface area contributed by atoms with Crippen molar-refractivity contribution in [3.8, 4) is 5.75 Å². The predicted molar refractivity (Wildman–Crippen MR) is 136 cm³/mol. The van der Waals surface area contributed by atoms with E-state index in [2.05, 4.69) is 22.9 Å². The molecule has 6 nitrogen and oxygen atoms in total. The van der Waals surface area contributed by atoms with E-state index in [9.17, 15) is 9.59 Å². The van der Waals surface area contributed by atoms with Crippen molar-refractivity contribution in [2.45, 2.75) is 19.8 Å². The van der Waals surface area contributed by atoms with Gasteiger partial charge in [-0.25, -0.2) is 0 Å². The fourth-order valence-electron chi connectivity index (χ4n) is 2.88. The zero-order valence-corrected chi connectivity index (χ0v) is 19.6. The Morgan fingerprint density at radius 3 is 2.27 bits per heavy atom. The van der Waals surface area contributed by atoms with E-state index < -0.39 is 0 Å². The highest BCUT2D eigenvalue weighted by Crippen LogP contribution is 2.17. The molecule has 3 rings (SSSR count). The Hall–Kier alpha value is -3.42. The molecular formula is C25H24ClN3O3S. The second-order valence-corrected chi connectivity index (χ2v) is 8.02. The van der Waals surface area contributed by atoms with Gasteiger partial charge in [-0.1, -0.05) is 37.1 Å². The summed E-state index contributed by atoms with van der Waals surface area (Å²) < 4.78 is 5.61. The number of ether oxygens (including phenoxy) is 1. The number of hydrogen-bond acceptors (Lipinski definition) is 4. The van der Waals surface area contributed by atoms with Gasteiger partial charge in [-0.05, 0) is 79.3 Å². The van der Waals surface area contributed by atoms with Crippen LogP contribution in [0, 0.1) is 0 Å². The van der Waals surface area contributed by atoms with Gasteiger partial charge in [-0.15, -0.1) is 0 Å². The maximum Gasteiger partial charge on any atom is 0.257 e. The summed E-state index contributed by atoms with van der Waals surface area (Å²) in [6, 6.07) is 20.5. The summed E-state index contributed by atoms with van der Waals surface area (Å²) in [7, 11) is 0. The van der Waals surface area contributed by atoms with Gasteiger partial charge in [0.15, 0.2) is 5.11 Å². The number of halogens is 1. The Balaban J connectivity index is 1.55. The van der Waals surface area contributed by atoms with Crippen molar-refractivity contribution in [1.82, 2.24) is 5.32 Å². The maximum absolute atomic E-state index is 12.5. The van der Waals surface area contributed by atoms with Crippen molar-refractivity contribution in [2.75, 3.05) is 17.2 Å². The molecule has 0 saturated heterocycles. The van der Waals surface area contributed by atoms with E-state index in [-0.39, 0.29) is 16.9 Å². The number of carbonyl (C=O) groups excluding carboxylic acids is 2. The minimum Gasteiger partial charge on any atom is -0.494 e. The average molecular weight is 482 g/mol. The third-order valence-electron chi connectivity index (χ3n) is 4.58. The minimum atomic E-state index is -0.345. The third kappa shape index (κ3) is 7.59. The molecular weight excluding hydrogens is 458 g/mol. The summed E-state index contributed by atoms with van der Waals surface area (Å²) >= 11 is 11.2. The molecule has 3 aromatic carbocycles. The SMILES string of the molecule is CCCCOc1ccc(C(=O)NC(=S)Nc2cccc(C(=O)Nc3cccc(Cl)c3)c2)cc1. The first kappa shape index (κ1) is 24.2. The van der Waals surface area contributed by atoms with E-state index in [0.717, 1.165) is 12.8 Å². The number of nitrogens with one attached hydrogen (secondary N) is 3. The molecule has 0 aliphatic carbocycles. The molecule has 2 amide bonds. The van der Waals surface area contributed by atoms with Gasteiger partial charge >= 0.3 is 0 Å². The van der Waals surface area contributed by atoms with Crippen molar-refractivity contribution in [3.05, 3.63) is 88.9 Å². The van der Waals surface area contributed by atoms with Crippen LogP contribution in [0.2, 0.25) is 5.02 Å². The summed E-state index contributed by atoms with van der Waals surface area (Å²) in [4.78, 5) is 25.0. The average Bonchev–Trinajstić information content (AvgIpc) is 2.80. The van der Waals surface area contributed by atoms with Crippen molar-refractivity contribution < 1.29 is 14.3 Å². The highest BCUT2D eigenvalue weighted by Gasteiger charge is 2.11. The van der Waals surface area contributed by atoms with Crippen LogP contribution in [0.1, 0.15) is 40.5 Å². The van der Waals surface area contributed by atoms with Gasteiger partial charge in [-0.2, -0.15) is 0 Å². The van der Waals surface area contributed by atoms with Gasteiger partial charge in [0.2, 0.25) is 0 Å².